The van der Waals surface area contributed by atoms with Crippen molar-refractivity contribution in [3.63, 3.8) is 0 Å². The predicted octanol–water partition coefficient (Wildman–Crippen LogP) is 0.784. The third-order valence-corrected chi connectivity index (χ3v) is 4.43. The lowest BCUT2D eigenvalue weighted by molar-refractivity contribution is 0.360. The lowest BCUT2D eigenvalue weighted by Crippen LogP contribution is -2.49. The molecule has 2 bridgehead atoms. The van der Waals surface area contributed by atoms with E-state index in [0.29, 0.717) is 12.2 Å². The average molecular weight is 225 g/mol. The molecule has 17 heavy (non-hydrogen) atoms. The molecule has 1 saturated carbocycles. The van der Waals surface area contributed by atoms with Gasteiger partial charge in [-0.15, -0.1) is 0 Å². The van der Waals surface area contributed by atoms with Crippen molar-refractivity contribution in [1.29, 1.82) is 0 Å². The zero-order chi connectivity index (χ0) is 11.4. The highest BCUT2D eigenvalue weighted by Gasteiger charge is 2.44. The number of hydrogen-bond acceptors (Lipinski definition) is 3. The van der Waals surface area contributed by atoms with Crippen LogP contribution in [0.3, 0.4) is 0 Å². The Kier molecular flexibility index (Phi) is 1.98. The highest BCUT2D eigenvalue weighted by atomic mass is 15.3. The van der Waals surface area contributed by atoms with Gasteiger partial charge in [-0.2, -0.15) is 0 Å². The zero-order valence-electron chi connectivity index (χ0n) is 9.74. The van der Waals surface area contributed by atoms with Gasteiger partial charge in [0.05, 0.1) is 11.4 Å². The van der Waals surface area contributed by atoms with E-state index in [1.165, 1.54) is 24.9 Å². The van der Waals surface area contributed by atoms with Gasteiger partial charge in [-0.05, 0) is 37.3 Å². The molecule has 0 spiro atoms. The third kappa shape index (κ3) is 1.47. The molecule has 2 unspecified atom stereocenters. The zero-order valence-corrected chi connectivity index (χ0v) is 9.74. The van der Waals surface area contributed by atoms with Crippen LogP contribution in [0.25, 0.3) is 0 Å². The number of benzene rings is 1. The first-order valence-corrected chi connectivity index (χ1v) is 6.48. The van der Waals surface area contributed by atoms with Gasteiger partial charge in [0, 0.05) is 12.1 Å². The van der Waals surface area contributed by atoms with Gasteiger partial charge in [0.1, 0.15) is 14.0 Å². The summed E-state index contributed by atoms with van der Waals surface area (Å²) in [6, 6.07) is 7.33. The van der Waals surface area contributed by atoms with Gasteiger partial charge in [-0.25, -0.2) is 0 Å². The normalized spacial score (nSPS) is 37.6. The van der Waals surface area contributed by atoms with E-state index in [-0.39, 0.29) is 0 Å². The second-order valence-corrected chi connectivity index (χ2v) is 5.53. The highest BCUT2D eigenvalue weighted by Crippen LogP contribution is 2.39. The van der Waals surface area contributed by atoms with Gasteiger partial charge in [0.25, 0.3) is 0 Å². The van der Waals surface area contributed by atoms with Crippen LogP contribution in [-0.4, -0.2) is 26.1 Å². The Morgan fingerprint density at radius 2 is 2.00 bits per heavy atom. The minimum atomic E-state index is 0.321. The third-order valence-electron chi connectivity index (χ3n) is 4.43. The SMILES string of the molecule is [B]c1ccc2c(c1)NC(C1N[C@@H]3CC[C@H]1C3)N2. The maximum absolute atomic E-state index is 5.81. The van der Waals surface area contributed by atoms with Crippen molar-refractivity contribution in [2.75, 3.05) is 10.6 Å². The molecule has 4 heteroatoms. The monoisotopic (exact) mass is 225 g/mol. The minimum absolute atomic E-state index is 0.321. The number of piperidine rings is 1. The maximum Gasteiger partial charge on any atom is 0.113 e. The molecule has 86 valence electrons. The van der Waals surface area contributed by atoms with Crippen LogP contribution in [0.5, 0.6) is 0 Å². The largest absolute Gasteiger partial charge is 0.362 e. The summed E-state index contributed by atoms with van der Waals surface area (Å²) in [7, 11) is 5.81. The summed E-state index contributed by atoms with van der Waals surface area (Å²) in [4.78, 5) is 0. The van der Waals surface area contributed by atoms with E-state index in [1.807, 2.05) is 12.1 Å². The topological polar surface area (TPSA) is 36.1 Å². The van der Waals surface area contributed by atoms with Gasteiger partial charge in [0.2, 0.25) is 0 Å². The molecular formula is C13H16BN3. The van der Waals surface area contributed by atoms with E-state index in [2.05, 4.69) is 22.0 Å². The predicted molar refractivity (Wildman–Crippen MR) is 70.9 cm³/mol. The Morgan fingerprint density at radius 1 is 1.12 bits per heavy atom. The first-order chi connectivity index (χ1) is 8.29. The Labute approximate surface area is 103 Å². The molecule has 1 aromatic carbocycles. The molecule has 2 radical (unpaired) electrons. The van der Waals surface area contributed by atoms with Crippen LogP contribution in [0.1, 0.15) is 19.3 Å². The summed E-state index contributed by atoms with van der Waals surface area (Å²) in [5, 5.41) is 10.8. The maximum atomic E-state index is 5.81. The van der Waals surface area contributed by atoms with Crippen LogP contribution in [0, 0.1) is 5.92 Å². The molecular weight excluding hydrogens is 209 g/mol. The van der Waals surface area contributed by atoms with Crippen molar-refractivity contribution in [3.8, 4) is 0 Å². The molecule has 1 aliphatic carbocycles. The van der Waals surface area contributed by atoms with E-state index in [1.54, 1.807) is 0 Å². The Balaban J connectivity index is 1.56. The molecule has 3 N–H and O–H groups in total. The minimum Gasteiger partial charge on any atom is -0.362 e. The second kappa shape index (κ2) is 3.42. The first-order valence-electron chi connectivity index (χ1n) is 6.48. The molecule has 2 heterocycles. The van der Waals surface area contributed by atoms with Crippen LogP contribution in [0.2, 0.25) is 0 Å². The summed E-state index contributed by atoms with van der Waals surface area (Å²) < 4.78 is 0. The number of nitrogens with one attached hydrogen (secondary N) is 3. The van der Waals surface area contributed by atoms with Crippen LogP contribution in [0.15, 0.2) is 18.2 Å². The van der Waals surface area contributed by atoms with Crippen molar-refractivity contribution in [3.05, 3.63) is 18.2 Å². The van der Waals surface area contributed by atoms with Crippen molar-refractivity contribution in [1.82, 2.24) is 5.32 Å². The van der Waals surface area contributed by atoms with Crippen LogP contribution >= 0.6 is 0 Å². The lowest BCUT2D eigenvalue weighted by Gasteiger charge is -2.29. The van der Waals surface area contributed by atoms with Crippen LogP contribution in [-0.2, 0) is 0 Å². The average Bonchev–Trinajstić information content (AvgIpc) is 3.01. The first kappa shape index (κ1) is 9.83. The molecule has 4 rings (SSSR count). The van der Waals surface area contributed by atoms with Crippen LogP contribution < -0.4 is 21.4 Å². The quantitative estimate of drug-likeness (QED) is 0.618. The van der Waals surface area contributed by atoms with E-state index in [0.717, 1.165) is 23.1 Å². The van der Waals surface area contributed by atoms with Crippen LogP contribution in [0.4, 0.5) is 11.4 Å². The smallest absolute Gasteiger partial charge is 0.113 e. The fraction of sp³-hybridized carbons (Fsp3) is 0.538. The molecule has 3 nitrogen and oxygen atoms in total. The molecule has 1 aromatic rings. The Bertz CT molecular complexity index is 462. The highest BCUT2D eigenvalue weighted by molar-refractivity contribution is 6.32. The van der Waals surface area contributed by atoms with Crippen molar-refractivity contribution in [2.45, 2.75) is 37.5 Å². The molecule has 0 amide bonds. The summed E-state index contributed by atoms with van der Waals surface area (Å²) in [5.74, 6) is 0.830. The van der Waals surface area contributed by atoms with Crippen molar-refractivity contribution >= 4 is 24.7 Å². The molecule has 1 saturated heterocycles. The van der Waals surface area contributed by atoms with E-state index >= 15 is 0 Å². The van der Waals surface area contributed by atoms with Crippen molar-refractivity contribution < 1.29 is 0 Å². The van der Waals surface area contributed by atoms with Gasteiger partial charge in [-0.1, -0.05) is 11.5 Å². The molecule has 2 fully saturated rings. The fourth-order valence-corrected chi connectivity index (χ4v) is 3.63. The van der Waals surface area contributed by atoms with E-state index < -0.39 is 0 Å². The summed E-state index contributed by atoms with van der Waals surface area (Å²) in [6.45, 7) is 0. The standard InChI is InChI=1S/C13H16BN3/c14-8-2-4-10-11(6-8)17-13(16-10)12-7-1-3-9(5-7)15-12/h2,4,6-7,9,12-13,15-17H,1,3,5H2/t7-,9+,12?,13?/m0/s1. The van der Waals surface area contributed by atoms with Gasteiger partial charge < -0.3 is 16.0 Å². The Hall–Kier alpha value is -1.16. The van der Waals surface area contributed by atoms with Gasteiger partial charge in [-0.3, -0.25) is 0 Å². The number of fused-ring (bicyclic) bond motifs is 3. The van der Waals surface area contributed by atoms with E-state index in [9.17, 15) is 0 Å². The lowest BCUT2D eigenvalue weighted by atomic mass is 9.95. The summed E-state index contributed by atoms with van der Waals surface area (Å²) in [5.41, 5.74) is 3.13. The number of hydrogen-bond donors (Lipinski definition) is 3. The number of rotatable bonds is 1. The summed E-state index contributed by atoms with van der Waals surface area (Å²) in [6.07, 6.45) is 4.40. The second-order valence-electron chi connectivity index (χ2n) is 5.53. The Morgan fingerprint density at radius 3 is 2.76 bits per heavy atom. The molecule has 0 aromatic heterocycles. The van der Waals surface area contributed by atoms with Crippen molar-refractivity contribution in [2.24, 2.45) is 5.92 Å². The molecule has 3 aliphatic rings. The molecule has 2 aliphatic heterocycles. The van der Waals surface area contributed by atoms with Gasteiger partial charge in [0.15, 0.2) is 0 Å². The molecule has 4 atom stereocenters. The van der Waals surface area contributed by atoms with E-state index in [4.69, 9.17) is 7.85 Å². The fourth-order valence-electron chi connectivity index (χ4n) is 3.63. The number of anilines is 2. The summed E-state index contributed by atoms with van der Waals surface area (Å²) >= 11 is 0. The van der Waals surface area contributed by atoms with Gasteiger partial charge >= 0.3 is 0 Å².